The van der Waals surface area contributed by atoms with Crippen LogP contribution in [0.2, 0.25) is 5.15 Å². The Morgan fingerprint density at radius 3 is 2.71 bits per heavy atom. The number of nitrogens with zero attached hydrogens (tertiary/aromatic N) is 1. The van der Waals surface area contributed by atoms with Gasteiger partial charge in [-0.3, -0.25) is 4.21 Å². The van der Waals surface area contributed by atoms with Crippen molar-refractivity contribution in [3.63, 3.8) is 0 Å². The van der Waals surface area contributed by atoms with Crippen molar-refractivity contribution < 1.29 is 12.6 Å². The second-order valence-corrected chi connectivity index (χ2v) is 8.33. The van der Waals surface area contributed by atoms with E-state index in [1.165, 1.54) is 18.4 Å². The highest BCUT2D eigenvalue weighted by Crippen LogP contribution is 2.20. The lowest BCUT2D eigenvalue weighted by atomic mass is 10.2. The second kappa shape index (κ2) is 6.39. The number of sulfonamides is 1. The molecule has 0 saturated heterocycles. The number of pyridine rings is 1. The van der Waals surface area contributed by atoms with E-state index in [1.54, 1.807) is 25.1 Å². The zero-order valence-corrected chi connectivity index (χ0v) is 13.9. The van der Waals surface area contributed by atoms with Crippen LogP contribution in [0.5, 0.6) is 0 Å². The van der Waals surface area contributed by atoms with Crippen LogP contribution in [0.3, 0.4) is 0 Å². The van der Waals surface area contributed by atoms with E-state index in [4.69, 9.17) is 11.6 Å². The Bertz CT molecular complexity index is 793. The fraction of sp³-hybridized carbons (Fsp3) is 0.308. The van der Waals surface area contributed by atoms with Gasteiger partial charge in [-0.05, 0) is 37.3 Å². The Labute approximate surface area is 131 Å². The number of halogens is 1. The molecule has 2 atom stereocenters. The number of hydrogen-bond acceptors (Lipinski definition) is 4. The lowest BCUT2D eigenvalue weighted by molar-refractivity contribution is 0.570. The van der Waals surface area contributed by atoms with Crippen LogP contribution in [0, 0.1) is 0 Å². The highest BCUT2D eigenvalue weighted by Gasteiger charge is 2.18. The fourth-order valence-corrected chi connectivity index (χ4v) is 4.29. The lowest BCUT2D eigenvalue weighted by Crippen LogP contribution is -2.36. The van der Waals surface area contributed by atoms with Crippen molar-refractivity contribution in [3.05, 3.63) is 35.5 Å². The Balaban J connectivity index is 2.32. The van der Waals surface area contributed by atoms with Crippen molar-refractivity contribution in [1.82, 2.24) is 9.71 Å². The molecule has 1 N–H and O–H groups in total. The molecule has 8 heteroatoms. The molecule has 0 fully saturated rings. The van der Waals surface area contributed by atoms with Gasteiger partial charge < -0.3 is 0 Å². The molecule has 5 nitrogen and oxygen atoms in total. The van der Waals surface area contributed by atoms with E-state index < -0.39 is 26.9 Å². The number of aromatic nitrogens is 1. The van der Waals surface area contributed by atoms with E-state index in [0.29, 0.717) is 16.1 Å². The summed E-state index contributed by atoms with van der Waals surface area (Å²) in [6.45, 7) is 1.68. The fourth-order valence-electron chi connectivity index (χ4n) is 1.96. The molecular formula is C13H15ClN2O3S2. The van der Waals surface area contributed by atoms with E-state index in [0.717, 1.165) is 0 Å². The van der Waals surface area contributed by atoms with Crippen LogP contribution < -0.4 is 4.72 Å². The van der Waals surface area contributed by atoms with Gasteiger partial charge in [0.15, 0.2) is 0 Å². The van der Waals surface area contributed by atoms with Crippen LogP contribution in [-0.2, 0) is 20.8 Å². The normalized spacial score (nSPS) is 15.0. The monoisotopic (exact) mass is 346 g/mol. The Hall–Kier alpha value is -1.02. The minimum atomic E-state index is -3.65. The summed E-state index contributed by atoms with van der Waals surface area (Å²) < 4.78 is 38.2. The number of hydrogen-bond donors (Lipinski definition) is 1. The molecule has 21 heavy (non-hydrogen) atoms. The quantitative estimate of drug-likeness (QED) is 0.839. The molecule has 1 aromatic heterocycles. The first-order chi connectivity index (χ1) is 9.78. The summed E-state index contributed by atoms with van der Waals surface area (Å²) >= 11 is 5.80. The zero-order valence-electron chi connectivity index (χ0n) is 11.5. The Morgan fingerprint density at radius 2 is 2.05 bits per heavy atom. The molecule has 2 unspecified atom stereocenters. The molecule has 2 rings (SSSR count). The lowest BCUT2D eigenvalue weighted by Gasteiger charge is -2.13. The summed E-state index contributed by atoms with van der Waals surface area (Å²) in [5.74, 6) is 0.268. The maximum Gasteiger partial charge on any atom is 0.240 e. The molecule has 2 aromatic rings. The third-order valence-electron chi connectivity index (χ3n) is 2.78. The summed E-state index contributed by atoms with van der Waals surface area (Å²) in [5.41, 5.74) is 0.629. The highest BCUT2D eigenvalue weighted by atomic mass is 35.5. The predicted octanol–water partition coefficient (Wildman–Crippen LogP) is 1.93. The molecule has 0 aliphatic carbocycles. The van der Waals surface area contributed by atoms with Crippen molar-refractivity contribution in [1.29, 1.82) is 0 Å². The number of benzene rings is 1. The maximum atomic E-state index is 12.3. The molecule has 0 radical (unpaired) electrons. The van der Waals surface area contributed by atoms with Crippen LogP contribution in [0.1, 0.15) is 6.92 Å². The first-order valence-electron chi connectivity index (χ1n) is 6.16. The van der Waals surface area contributed by atoms with Gasteiger partial charge in [-0.25, -0.2) is 18.1 Å². The molecule has 0 aliphatic heterocycles. The molecule has 1 heterocycles. The molecule has 114 valence electrons. The van der Waals surface area contributed by atoms with Crippen molar-refractivity contribution in [2.24, 2.45) is 0 Å². The van der Waals surface area contributed by atoms with E-state index in [1.807, 2.05) is 0 Å². The van der Waals surface area contributed by atoms with Crippen molar-refractivity contribution in [3.8, 4) is 0 Å². The smallest absolute Gasteiger partial charge is 0.240 e. The summed E-state index contributed by atoms with van der Waals surface area (Å²) in [4.78, 5) is 4.26. The average Bonchev–Trinajstić information content (AvgIpc) is 2.36. The summed E-state index contributed by atoms with van der Waals surface area (Å²) in [5, 5.41) is 1.05. The third kappa shape index (κ3) is 4.23. The number of nitrogens with one attached hydrogen (secondary N) is 1. The predicted molar refractivity (Wildman–Crippen MR) is 85.5 cm³/mol. The Morgan fingerprint density at radius 1 is 1.33 bits per heavy atom. The summed E-state index contributed by atoms with van der Waals surface area (Å²) in [6, 6.07) is 7.54. The first-order valence-corrected chi connectivity index (χ1v) is 9.75. The van der Waals surface area contributed by atoms with Crippen LogP contribution in [0.25, 0.3) is 10.9 Å². The second-order valence-electron chi connectivity index (χ2n) is 4.75. The Kier molecular flexibility index (Phi) is 4.98. The summed E-state index contributed by atoms with van der Waals surface area (Å²) in [6.07, 6.45) is 1.54. The van der Waals surface area contributed by atoms with Crippen LogP contribution in [-0.4, -0.2) is 35.7 Å². The van der Waals surface area contributed by atoms with E-state index in [2.05, 4.69) is 9.71 Å². The van der Waals surface area contributed by atoms with Gasteiger partial charge in [0.25, 0.3) is 0 Å². The first kappa shape index (κ1) is 16.4. The highest BCUT2D eigenvalue weighted by molar-refractivity contribution is 7.89. The van der Waals surface area contributed by atoms with E-state index in [9.17, 15) is 12.6 Å². The molecule has 0 spiro atoms. The van der Waals surface area contributed by atoms with E-state index >= 15 is 0 Å². The van der Waals surface area contributed by atoms with Crippen molar-refractivity contribution in [2.45, 2.75) is 17.9 Å². The minimum Gasteiger partial charge on any atom is -0.260 e. The van der Waals surface area contributed by atoms with Gasteiger partial charge in [-0.1, -0.05) is 11.6 Å². The minimum absolute atomic E-state index is 0.146. The van der Waals surface area contributed by atoms with Gasteiger partial charge in [0.1, 0.15) is 5.15 Å². The van der Waals surface area contributed by atoms with Crippen LogP contribution in [0.4, 0.5) is 0 Å². The molecule has 0 amide bonds. The van der Waals surface area contributed by atoms with Gasteiger partial charge in [0.2, 0.25) is 10.0 Å². The van der Waals surface area contributed by atoms with Gasteiger partial charge in [0, 0.05) is 34.2 Å². The van der Waals surface area contributed by atoms with Gasteiger partial charge in [-0.15, -0.1) is 0 Å². The SMILES string of the molecule is CC(CS(C)=O)NS(=O)(=O)c1ccc2nc(Cl)ccc2c1. The van der Waals surface area contributed by atoms with E-state index in [-0.39, 0.29) is 10.6 Å². The maximum absolute atomic E-state index is 12.3. The van der Waals surface area contributed by atoms with Crippen molar-refractivity contribution >= 4 is 43.3 Å². The van der Waals surface area contributed by atoms with Crippen molar-refractivity contribution in [2.75, 3.05) is 12.0 Å². The standard InChI is InChI=1S/C13H15ClN2O3S2/c1-9(8-20(2)17)16-21(18,19)11-4-5-12-10(7-11)3-6-13(14)15-12/h3-7,9,16H,8H2,1-2H3. The summed E-state index contributed by atoms with van der Waals surface area (Å²) in [7, 11) is -4.72. The molecule has 1 aromatic carbocycles. The number of fused-ring (bicyclic) bond motifs is 1. The van der Waals surface area contributed by atoms with Crippen LogP contribution in [0.15, 0.2) is 35.2 Å². The van der Waals surface area contributed by atoms with Crippen LogP contribution >= 0.6 is 11.6 Å². The molecule has 0 aliphatic rings. The van der Waals surface area contributed by atoms with Gasteiger partial charge in [0.05, 0.1) is 10.4 Å². The van der Waals surface area contributed by atoms with Gasteiger partial charge in [-0.2, -0.15) is 0 Å². The topological polar surface area (TPSA) is 76.1 Å². The number of rotatable bonds is 5. The average molecular weight is 347 g/mol. The molecule has 0 saturated carbocycles. The zero-order chi connectivity index (χ0) is 15.6. The molecule has 0 bridgehead atoms. The molecular weight excluding hydrogens is 332 g/mol. The largest absolute Gasteiger partial charge is 0.260 e. The third-order valence-corrected chi connectivity index (χ3v) is 5.55. The van der Waals surface area contributed by atoms with Gasteiger partial charge >= 0.3 is 0 Å².